The average Bonchev–Trinajstić information content (AvgIpc) is 3.01. The zero-order valence-electron chi connectivity index (χ0n) is 11.6. The molecule has 4 fully saturated rings. The summed E-state index contributed by atoms with van der Waals surface area (Å²) < 4.78 is 0. The molecule has 1 aliphatic carbocycles. The van der Waals surface area contributed by atoms with Gasteiger partial charge in [0.2, 0.25) is 0 Å². The van der Waals surface area contributed by atoms with Crippen molar-refractivity contribution in [3.8, 4) is 0 Å². The van der Waals surface area contributed by atoms with Gasteiger partial charge in [0.25, 0.3) is 0 Å². The zero-order valence-corrected chi connectivity index (χ0v) is 11.6. The Balaban J connectivity index is 1.41. The van der Waals surface area contributed by atoms with Gasteiger partial charge in [0.15, 0.2) is 0 Å². The summed E-state index contributed by atoms with van der Waals surface area (Å²) in [6.45, 7) is 2.81. The van der Waals surface area contributed by atoms with Gasteiger partial charge >= 0.3 is 0 Å². The molecule has 0 aromatic heterocycles. The third-order valence-corrected chi connectivity index (χ3v) is 6.26. The Kier molecular flexibility index (Phi) is 3.12. The highest BCUT2D eigenvalue weighted by Crippen LogP contribution is 2.38. The van der Waals surface area contributed by atoms with Crippen LogP contribution in [0.1, 0.15) is 57.8 Å². The van der Waals surface area contributed by atoms with Gasteiger partial charge in [0.1, 0.15) is 0 Å². The molecule has 5 atom stereocenters. The van der Waals surface area contributed by atoms with E-state index in [1.807, 2.05) is 0 Å². The summed E-state index contributed by atoms with van der Waals surface area (Å²) in [4.78, 5) is 2.90. The third kappa shape index (κ3) is 2.02. The van der Waals surface area contributed by atoms with Crippen molar-refractivity contribution in [3.05, 3.63) is 0 Å². The molecule has 0 radical (unpaired) electrons. The maximum absolute atomic E-state index is 3.81. The molecular weight excluding hydrogens is 220 g/mol. The summed E-state index contributed by atoms with van der Waals surface area (Å²) in [5.41, 5.74) is 0. The Bertz CT molecular complexity index is 301. The van der Waals surface area contributed by atoms with E-state index in [0.29, 0.717) is 0 Å². The van der Waals surface area contributed by atoms with Crippen LogP contribution in [0.3, 0.4) is 0 Å². The predicted molar refractivity (Wildman–Crippen MR) is 74.6 cm³/mol. The third-order valence-electron chi connectivity index (χ3n) is 6.26. The quantitative estimate of drug-likeness (QED) is 0.808. The zero-order chi connectivity index (χ0) is 11.9. The van der Waals surface area contributed by atoms with E-state index in [2.05, 4.69) is 10.2 Å². The minimum atomic E-state index is 0.874. The van der Waals surface area contributed by atoms with E-state index >= 15 is 0 Å². The van der Waals surface area contributed by atoms with Crippen LogP contribution in [0.15, 0.2) is 0 Å². The first-order valence-corrected chi connectivity index (χ1v) is 8.40. The van der Waals surface area contributed by atoms with Crippen LogP contribution in [0.4, 0.5) is 0 Å². The van der Waals surface area contributed by atoms with Crippen LogP contribution in [-0.2, 0) is 0 Å². The van der Waals surface area contributed by atoms with Crippen molar-refractivity contribution in [1.29, 1.82) is 0 Å². The Labute approximate surface area is 111 Å². The van der Waals surface area contributed by atoms with E-state index in [4.69, 9.17) is 0 Å². The van der Waals surface area contributed by atoms with Crippen LogP contribution in [0.25, 0.3) is 0 Å². The minimum Gasteiger partial charge on any atom is -0.311 e. The molecule has 4 aliphatic rings. The first-order chi connectivity index (χ1) is 8.90. The fourth-order valence-corrected chi connectivity index (χ4v) is 5.40. The van der Waals surface area contributed by atoms with Crippen LogP contribution in [0.5, 0.6) is 0 Å². The molecule has 4 rings (SSSR count). The minimum absolute atomic E-state index is 0.874. The highest BCUT2D eigenvalue weighted by molar-refractivity contribution is 4.99. The molecule has 0 aromatic carbocycles. The highest BCUT2D eigenvalue weighted by atomic mass is 15.2. The first kappa shape index (κ1) is 11.7. The maximum Gasteiger partial charge on any atom is 0.0124 e. The van der Waals surface area contributed by atoms with Gasteiger partial charge in [-0.15, -0.1) is 0 Å². The number of hydrogen-bond acceptors (Lipinski definition) is 2. The van der Waals surface area contributed by atoms with Gasteiger partial charge in [-0.05, 0) is 63.3 Å². The smallest absolute Gasteiger partial charge is 0.0124 e. The van der Waals surface area contributed by atoms with Gasteiger partial charge in [-0.3, -0.25) is 4.90 Å². The summed E-state index contributed by atoms with van der Waals surface area (Å²) in [6, 6.07) is 2.72. The number of hydrogen-bond donors (Lipinski definition) is 1. The largest absolute Gasteiger partial charge is 0.311 e. The van der Waals surface area contributed by atoms with Gasteiger partial charge in [-0.1, -0.05) is 12.8 Å². The van der Waals surface area contributed by atoms with Crippen molar-refractivity contribution in [3.63, 3.8) is 0 Å². The lowest BCUT2D eigenvalue weighted by Gasteiger charge is -2.45. The van der Waals surface area contributed by atoms with Crippen molar-refractivity contribution in [1.82, 2.24) is 10.2 Å². The molecule has 1 N–H and O–H groups in total. The molecule has 3 heterocycles. The van der Waals surface area contributed by atoms with Crippen molar-refractivity contribution in [2.75, 3.05) is 13.1 Å². The average molecular weight is 248 g/mol. The number of nitrogens with zero attached hydrogens (tertiary/aromatic N) is 1. The Hall–Kier alpha value is -0.0800. The summed E-state index contributed by atoms with van der Waals surface area (Å²) in [7, 11) is 0. The van der Waals surface area contributed by atoms with Crippen molar-refractivity contribution >= 4 is 0 Å². The molecule has 18 heavy (non-hydrogen) atoms. The van der Waals surface area contributed by atoms with Gasteiger partial charge in [-0.2, -0.15) is 0 Å². The van der Waals surface area contributed by atoms with E-state index in [-0.39, 0.29) is 0 Å². The molecule has 2 heteroatoms. The molecule has 2 bridgehead atoms. The van der Waals surface area contributed by atoms with Crippen LogP contribution in [-0.4, -0.2) is 36.1 Å². The second kappa shape index (κ2) is 4.79. The number of fused-ring (bicyclic) bond motifs is 3. The predicted octanol–water partition coefficient (Wildman–Crippen LogP) is 2.78. The van der Waals surface area contributed by atoms with Crippen LogP contribution in [0, 0.1) is 11.8 Å². The lowest BCUT2D eigenvalue weighted by molar-refractivity contribution is 0.0448. The highest BCUT2D eigenvalue weighted by Gasteiger charge is 2.41. The lowest BCUT2D eigenvalue weighted by Crippen LogP contribution is -2.49. The summed E-state index contributed by atoms with van der Waals surface area (Å²) in [6.07, 6.45) is 13.4. The molecule has 0 aromatic rings. The Morgan fingerprint density at radius 3 is 2.67 bits per heavy atom. The monoisotopic (exact) mass is 248 g/mol. The lowest BCUT2D eigenvalue weighted by atomic mass is 9.77. The summed E-state index contributed by atoms with van der Waals surface area (Å²) in [5.74, 6) is 2.03. The van der Waals surface area contributed by atoms with Crippen LogP contribution >= 0.6 is 0 Å². The second-order valence-electron chi connectivity index (χ2n) is 7.29. The van der Waals surface area contributed by atoms with Crippen molar-refractivity contribution in [2.45, 2.75) is 75.9 Å². The molecule has 102 valence electrons. The van der Waals surface area contributed by atoms with E-state index < -0.39 is 0 Å². The fourth-order valence-electron chi connectivity index (χ4n) is 5.40. The molecular formula is C16H28N2. The molecule has 0 amide bonds. The van der Waals surface area contributed by atoms with Gasteiger partial charge < -0.3 is 5.32 Å². The van der Waals surface area contributed by atoms with Gasteiger partial charge in [0.05, 0.1) is 0 Å². The molecule has 1 saturated carbocycles. The van der Waals surface area contributed by atoms with Crippen molar-refractivity contribution in [2.24, 2.45) is 11.8 Å². The molecule has 0 spiro atoms. The molecule has 2 nitrogen and oxygen atoms in total. The topological polar surface area (TPSA) is 15.3 Å². The van der Waals surface area contributed by atoms with Gasteiger partial charge in [-0.25, -0.2) is 0 Å². The first-order valence-electron chi connectivity index (χ1n) is 8.40. The summed E-state index contributed by atoms with van der Waals surface area (Å²) >= 11 is 0. The van der Waals surface area contributed by atoms with E-state index in [1.165, 1.54) is 70.9 Å². The van der Waals surface area contributed by atoms with E-state index in [1.54, 1.807) is 0 Å². The fraction of sp³-hybridized carbons (Fsp3) is 1.00. The van der Waals surface area contributed by atoms with Crippen molar-refractivity contribution < 1.29 is 0 Å². The van der Waals surface area contributed by atoms with E-state index in [9.17, 15) is 0 Å². The molecule has 3 aliphatic heterocycles. The molecule has 3 saturated heterocycles. The Morgan fingerprint density at radius 1 is 0.944 bits per heavy atom. The Morgan fingerprint density at radius 2 is 1.83 bits per heavy atom. The van der Waals surface area contributed by atoms with Crippen LogP contribution < -0.4 is 5.32 Å². The van der Waals surface area contributed by atoms with Gasteiger partial charge in [0, 0.05) is 24.7 Å². The summed E-state index contributed by atoms with van der Waals surface area (Å²) in [5, 5.41) is 3.81. The number of piperidine rings is 1. The second-order valence-corrected chi connectivity index (χ2v) is 7.29. The van der Waals surface area contributed by atoms with E-state index in [0.717, 1.165) is 30.0 Å². The number of nitrogens with one attached hydrogen (secondary N) is 1. The SMILES string of the molecule is C1CC[C@@H]2[C@H](C1)CCCN2CC1CC2CCC1N2. The number of likely N-dealkylation sites (tertiary alicyclic amines) is 1. The normalized spacial score (nSPS) is 48.3. The standard InChI is InChI=1S/C16H28N2/c1-2-6-16-12(4-1)5-3-9-18(16)11-13-10-14-7-8-15(13)17-14/h12-17H,1-11H2/t12-,13?,14?,15?,16-/m1/s1. The number of rotatable bonds is 2. The molecule has 3 unspecified atom stereocenters. The van der Waals surface area contributed by atoms with Crippen LogP contribution in [0.2, 0.25) is 0 Å². The maximum atomic E-state index is 3.81.